The lowest BCUT2D eigenvalue weighted by molar-refractivity contribution is -0.142. The number of carbonyl (C=O) groups is 2. The Labute approximate surface area is 123 Å². The van der Waals surface area contributed by atoms with Gasteiger partial charge in [-0.15, -0.1) is 0 Å². The maximum absolute atomic E-state index is 12.1. The molecule has 0 unspecified atom stereocenters. The van der Waals surface area contributed by atoms with Crippen LogP contribution in [0.15, 0.2) is 21.2 Å². The molecule has 0 atom stereocenters. The highest BCUT2D eigenvalue weighted by molar-refractivity contribution is 8.14. The summed E-state index contributed by atoms with van der Waals surface area (Å²) in [5, 5.41) is 22.2. The summed E-state index contributed by atoms with van der Waals surface area (Å²) in [7, 11) is 0. The fraction of sp³-hybridized carbons (Fsp3) is 0.333. The minimum atomic E-state index is -1.28. The average Bonchev–Trinajstić information content (AvgIpc) is 2.83. The number of rotatable bonds is 5. The molecule has 2 rings (SSSR count). The number of thioether (sulfide) groups is 1. The number of aliphatic carboxylic acids is 1. The van der Waals surface area contributed by atoms with E-state index in [1.54, 1.807) is 4.57 Å². The van der Waals surface area contributed by atoms with E-state index < -0.39 is 24.0 Å². The van der Waals surface area contributed by atoms with Gasteiger partial charge < -0.3 is 19.6 Å². The molecule has 9 heteroatoms. The lowest BCUT2D eigenvalue weighted by atomic mass is 10.1. The van der Waals surface area contributed by atoms with E-state index in [9.17, 15) is 14.4 Å². The molecular weight excluding hydrogens is 300 g/mol. The Morgan fingerprint density at radius 2 is 2.19 bits per heavy atom. The Morgan fingerprint density at radius 1 is 1.48 bits per heavy atom. The molecule has 0 saturated heterocycles. The monoisotopic (exact) mass is 312 g/mol. The number of aryl methyl sites for hydroxylation is 1. The second-order valence-electron chi connectivity index (χ2n) is 4.18. The van der Waals surface area contributed by atoms with Gasteiger partial charge in [0.25, 0.3) is 0 Å². The predicted octanol–water partition coefficient (Wildman–Crippen LogP) is 0.629. The summed E-state index contributed by atoms with van der Waals surface area (Å²) in [6, 6.07) is 0. The van der Waals surface area contributed by atoms with Gasteiger partial charge in [0.1, 0.15) is 10.6 Å². The molecule has 0 saturated carbocycles. The van der Waals surface area contributed by atoms with Crippen molar-refractivity contribution in [1.29, 1.82) is 0 Å². The summed E-state index contributed by atoms with van der Waals surface area (Å²) in [6.45, 7) is 1.75. The van der Waals surface area contributed by atoms with Crippen molar-refractivity contribution in [2.24, 2.45) is 5.16 Å². The first-order chi connectivity index (χ1) is 9.93. The number of aromatic nitrogens is 1. The van der Waals surface area contributed by atoms with Gasteiger partial charge in [0, 0.05) is 24.7 Å². The molecule has 112 valence electrons. The minimum absolute atomic E-state index is 0.138. The molecule has 0 fully saturated rings. The van der Waals surface area contributed by atoms with Crippen molar-refractivity contribution in [3.63, 3.8) is 0 Å². The Balaban J connectivity index is 2.36. The van der Waals surface area contributed by atoms with Gasteiger partial charge in [-0.3, -0.25) is 4.79 Å². The number of fused-ring (bicyclic) bond motifs is 1. The maximum atomic E-state index is 12.1. The van der Waals surface area contributed by atoms with Crippen LogP contribution in [0.2, 0.25) is 0 Å². The molecule has 1 aliphatic rings. The molecule has 0 aromatic carbocycles. The van der Waals surface area contributed by atoms with Crippen molar-refractivity contribution < 1.29 is 24.6 Å². The second-order valence-corrected chi connectivity index (χ2v) is 5.24. The molecule has 1 aliphatic heterocycles. The molecule has 0 spiro atoms. The normalized spacial score (nSPS) is 15.0. The Kier molecular flexibility index (Phi) is 4.32. The molecular formula is C12H12N2O6S. The number of carboxylic acid groups (broad SMARTS) is 2. The summed E-state index contributed by atoms with van der Waals surface area (Å²) < 4.78 is 1.66. The van der Waals surface area contributed by atoms with Crippen LogP contribution in [0, 0.1) is 0 Å². The van der Waals surface area contributed by atoms with Crippen molar-refractivity contribution >= 4 is 28.7 Å². The van der Waals surface area contributed by atoms with E-state index in [0.717, 1.165) is 0 Å². The van der Waals surface area contributed by atoms with Crippen molar-refractivity contribution in [2.75, 3.05) is 6.61 Å². The number of carboxylic acids is 2. The lowest BCUT2D eigenvalue weighted by Gasteiger charge is -2.09. The van der Waals surface area contributed by atoms with Crippen molar-refractivity contribution in [3.05, 3.63) is 27.5 Å². The first kappa shape index (κ1) is 15.1. The highest BCUT2D eigenvalue weighted by Gasteiger charge is 2.27. The van der Waals surface area contributed by atoms with Gasteiger partial charge in [-0.2, -0.15) is 0 Å². The molecule has 0 radical (unpaired) electrons. The molecule has 1 aromatic rings. The van der Waals surface area contributed by atoms with Crippen molar-refractivity contribution in [3.8, 4) is 0 Å². The van der Waals surface area contributed by atoms with E-state index in [4.69, 9.17) is 10.2 Å². The predicted molar refractivity (Wildman–Crippen MR) is 73.9 cm³/mol. The van der Waals surface area contributed by atoms with E-state index in [1.165, 1.54) is 18.0 Å². The molecule has 21 heavy (non-hydrogen) atoms. The number of pyridine rings is 1. The molecule has 0 aliphatic carbocycles. The quantitative estimate of drug-likeness (QED) is 0.765. The number of hydrogen-bond donors (Lipinski definition) is 2. The Bertz CT molecular complexity index is 694. The van der Waals surface area contributed by atoms with Gasteiger partial charge in [-0.25, -0.2) is 9.59 Å². The van der Waals surface area contributed by atoms with Crippen LogP contribution in [-0.4, -0.2) is 38.4 Å². The largest absolute Gasteiger partial charge is 0.479 e. The SMILES string of the molecule is CCn1cc(C(=O)O)c(=O)c2c1S/C(=N\OCC(=O)O)C2. The second kappa shape index (κ2) is 6.00. The van der Waals surface area contributed by atoms with Gasteiger partial charge in [0.2, 0.25) is 12.0 Å². The zero-order valence-electron chi connectivity index (χ0n) is 11.0. The summed E-state index contributed by atoms with van der Waals surface area (Å²) in [6.07, 6.45) is 1.44. The molecule has 0 bridgehead atoms. The van der Waals surface area contributed by atoms with Gasteiger partial charge in [-0.05, 0) is 6.92 Å². The van der Waals surface area contributed by atoms with E-state index >= 15 is 0 Å². The van der Waals surface area contributed by atoms with Gasteiger partial charge in [-0.1, -0.05) is 16.9 Å². The third-order valence-electron chi connectivity index (χ3n) is 2.79. The van der Waals surface area contributed by atoms with Crippen LogP contribution in [0.25, 0.3) is 0 Å². The summed E-state index contributed by atoms with van der Waals surface area (Å²) >= 11 is 1.18. The Morgan fingerprint density at radius 3 is 2.76 bits per heavy atom. The van der Waals surface area contributed by atoms with Gasteiger partial charge in [0.05, 0.1) is 5.03 Å². The Hall–Kier alpha value is -2.29. The number of oxime groups is 1. The smallest absolute Gasteiger partial charge is 0.344 e. The zero-order valence-corrected chi connectivity index (χ0v) is 11.8. The molecule has 2 N–H and O–H groups in total. The van der Waals surface area contributed by atoms with Crippen LogP contribution >= 0.6 is 11.8 Å². The molecule has 8 nitrogen and oxygen atoms in total. The fourth-order valence-corrected chi connectivity index (χ4v) is 3.00. The van der Waals surface area contributed by atoms with Gasteiger partial charge >= 0.3 is 11.9 Å². The first-order valence-corrected chi connectivity index (χ1v) is 6.83. The van der Waals surface area contributed by atoms with Crippen LogP contribution in [0.4, 0.5) is 0 Å². The van der Waals surface area contributed by atoms with Crippen LogP contribution in [0.1, 0.15) is 22.8 Å². The van der Waals surface area contributed by atoms with Crippen LogP contribution in [-0.2, 0) is 22.6 Å². The van der Waals surface area contributed by atoms with E-state index in [-0.39, 0.29) is 12.0 Å². The van der Waals surface area contributed by atoms with Crippen LogP contribution in [0.5, 0.6) is 0 Å². The van der Waals surface area contributed by atoms with Crippen molar-refractivity contribution in [2.45, 2.75) is 24.9 Å². The van der Waals surface area contributed by atoms with Crippen molar-refractivity contribution in [1.82, 2.24) is 4.57 Å². The summed E-state index contributed by atoms with van der Waals surface area (Å²) in [4.78, 5) is 38.2. The summed E-state index contributed by atoms with van der Waals surface area (Å²) in [5.74, 6) is -2.43. The minimum Gasteiger partial charge on any atom is -0.479 e. The third kappa shape index (κ3) is 3.07. The zero-order chi connectivity index (χ0) is 15.6. The van der Waals surface area contributed by atoms with E-state index in [0.29, 0.717) is 22.2 Å². The summed E-state index contributed by atoms with van der Waals surface area (Å²) in [5.41, 5.74) is -0.485. The van der Waals surface area contributed by atoms with Crippen LogP contribution in [0.3, 0.4) is 0 Å². The lowest BCUT2D eigenvalue weighted by Crippen LogP contribution is -2.22. The fourth-order valence-electron chi connectivity index (χ4n) is 1.88. The highest BCUT2D eigenvalue weighted by atomic mass is 32.2. The first-order valence-electron chi connectivity index (χ1n) is 6.02. The highest BCUT2D eigenvalue weighted by Crippen LogP contribution is 2.32. The number of nitrogens with zero attached hydrogens (tertiary/aromatic N) is 2. The van der Waals surface area contributed by atoms with E-state index in [1.807, 2.05) is 6.92 Å². The standard InChI is InChI=1S/C12H12N2O6S/c1-2-14-4-7(12(18)19)10(17)6-3-8(21-11(6)14)13-20-5-9(15)16/h4H,2-3,5H2,1H3,(H,15,16)(H,18,19)/b13-8-. The molecule has 0 amide bonds. The third-order valence-corrected chi connectivity index (χ3v) is 3.92. The molecule has 2 heterocycles. The average molecular weight is 312 g/mol. The van der Waals surface area contributed by atoms with E-state index in [2.05, 4.69) is 9.99 Å². The van der Waals surface area contributed by atoms with Crippen LogP contribution < -0.4 is 5.43 Å². The maximum Gasteiger partial charge on any atom is 0.344 e. The topological polar surface area (TPSA) is 118 Å². The van der Waals surface area contributed by atoms with Gasteiger partial charge in [0.15, 0.2) is 0 Å². The number of hydrogen-bond acceptors (Lipinski definition) is 6. The number of aromatic carboxylic acids is 1. The molecule has 1 aromatic heterocycles.